The van der Waals surface area contributed by atoms with Crippen LogP contribution in [-0.4, -0.2) is 67.4 Å². The summed E-state index contributed by atoms with van der Waals surface area (Å²) in [5.74, 6) is -1.91. The smallest absolute Gasteiger partial charge is 0.321 e. The Morgan fingerprint density at radius 1 is 0.921 bits per heavy atom. The zero-order chi connectivity index (χ0) is 28.0. The molecule has 1 aliphatic heterocycles. The molecule has 7 atom stereocenters. The first-order valence-corrected chi connectivity index (χ1v) is 13.2. The number of hydrogen-bond donors (Lipinski definition) is 0. The molecular weight excluding hydrogens is 520 g/mol. The van der Waals surface area contributed by atoms with Gasteiger partial charge in [0.05, 0.1) is 13.2 Å². The van der Waals surface area contributed by atoms with Gasteiger partial charge in [0.2, 0.25) is 0 Å². The van der Waals surface area contributed by atoms with Crippen LogP contribution in [0.1, 0.15) is 76.5 Å². The molecule has 0 aromatic heterocycles. The van der Waals surface area contributed by atoms with Crippen molar-refractivity contribution in [2.24, 2.45) is 0 Å². The van der Waals surface area contributed by atoms with Crippen molar-refractivity contribution in [3.8, 4) is 5.75 Å². The van der Waals surface area contributed by atoms with Gasteiger partial charge in [-0.1, -0.05) is 6.07 Å². The van der Waals surface area contributed by atoms with Gasteiger partial charge in [-0.3, -0.25) is 19.2 Å². The molecule has 1 aromatic carbocycles. The second-order valence-electron chi connectivity index (χ2n) is 9.59. The molecule has 1 heterocycles. The second-order valence-corrected chi connectivity index (χ2v) is 9.86. The highest BCUT2D eigenvalue weighted by molar-refractivity contribution is 6.26. The fourth-order valence-electron chi connectivity index (χ4n) is 5.26. The fraction of sp³-hybridized carbons (Fsp3) is 0.630. The van der Waals surface area contributed by atoms with Crippen molar-refractivity contribution >= 4 is 35.5 Å². The molecule has 0 spiro atoms. The number of halogens is 1. The number of carbonyl (C=O) groups is 4. The second kappa shape index (κ2) is 13.3. The topological polar surface area (TPSA) is 124 Å². The van der Waals surface area contributed by atoms with E-state index in [-0.39, 0.29) is 17.9 Å². The van der Waals surface area contributed by atoms with Crippen LogP contribution in [-0.2, 0) is 42.9 Å². The minimum absolute atomic E-state index is 0.0905. The van der Waals surface area contributed by atoms with Gasteiger partial charge in [0.15, 0.2) is 18.3 Å². The quantitative estimate of drug-likeness (QED) is 0.266. The van der Waals surface area contributed by atoms with E-state index in [9.17, 15) is 19.2 Å². The Labute approximate surface area is 227 Å². The first-order chi connectivity index (χ1) is 18.0. The van der Waals surface area contributed by atoms with E-state index < -0.39 is 54.4 Å². The highest BCUT2D eigenvalue weighted by atomic mass is 35.5. The highest BCUT2D eigenvalue weighted by Crippen LogP contribution is 2.43. The number of methoxy groups -OCH3 is 1. The normalized spacial score (nSPS) is 29.1. The number of esters is 4. The van der Waals surface area contributed by atoms with Gasteiger partial charge in [0.25, 0.3) is 0 Å². The van der Waals surface area contributed by atoms with Gasteiger partial charge >= 0.3 is 23.9 Å². The molecule has 2 fully saturated rings. The molecule has 1 saturated carbocycles. The number of hydrogen-bond acceptors (Lipinski definition) is 10. The largest absolute Gasteiger partial charge is 0.496 e. The molecular formula is C27H35ClO10. The summed E-state index contributed by atoms with van der Waals surface area (Å²) in [5.41, 5.74) is 1.55. The molecule has 38 heavy (non-hydrogen) atoms. The molecule has 0 radical (unpaired) electrons. The van der Waals surface area contributed by atoms with Crippen LogP contribution in [0.5, 0.6) is 5.75 Å². The third-order valence-electron chi connectivity index (χ3n) is 6.74. The fourth-order valence-corrected chi connectivity index (χ4v) is 5.33. The van der Waals surface area contributed by atoms with Crippen LogP contribution >= 0.6 is 11.6 Å². The Morgan fingerprint density at radius 3 is 2.16 bits per heavy atom. The molecule has 3 rings (SSSR count). The first kappa shape index (κ1) is 29.7. The summed E-state index contributed by atoms with van der Waals surface area (Å²) in [4.78, 5) is 47.7. The Bertz CT molecular complexity index is 1030. The van der Waals surface area contributed by atoms with Crippen molar-refractivity contribution in [2.75, 3.05) is 13.0 Å². The lowest BCUT2D eigenvalue weighted by Crippen LogP contribution is -2.57. The minimum Gasteiger partial charge on any atom is -0.496 e. The molecule has 10 nitrogen and oxygen atoms in total. The Morgan fingerprint density at radius 2 is 1.55 bits per heavy atom. The third-order valence-corrected chi connectivity index (χ3v) is 6.96. The SMILES string of the molecule is COc1ccc(C2CCCC(OC(=O)CCl)C2)cc1[C@H]1O[C@@H](C)[C@@H](OC(C)=O)[C@@H](OC(C)=O)[C@@H]1OC(C)=O. The number of rotatable bonds is 8. The van der Waals surface area contributed by atoms with E-state index in [0.717, 1.165) is 24.8 Å². The van der Waals surface area contributed by atoms with Crippen LogP contribution in [0.2, 0.25) is 0 Å². The van der Waals surface area contributed by atoms with Gasteiger partial charge in [-0.2, -0.15) is 0 Å². The van der Waals surface area contributed by atoms with Crippen molar-refractivity contribution < 1.29 is 47.6 Å². The lowest BCUT2D eigenvalue weighted by atomic mass is 9.81. The number of benzene rings is 1. The van der Waals surface area contributed by atoms with Crippen LogP contribution in [0.3, 0.4) is 0 Å². The van der Waals surface area contributed by atoms with Crippen molar-refractivity contribution in [3.63, 3.8) is 0 Å². The highest BCUT2D eigenvalue weighted by Gasteiger charge is 2.51. The number of ether oxygens (including phenoxy) is 6. The van der Waals surface area contributed by atoms with Gasteiger partial charge < -0.3 is 28.4 Å². The molecule has 0 amide bonds. The van der Waals surface area contributed by atoms with E-state index in [0.29, 0.717) is 17.7 Å². The van der Waals surface area contributed by atoms with Crippen molar-refractivity contribution in [3.05, 3.63) is 29.3 Å². The van der Waals surface area contributed by atoms with Crippen LogP contribution < -0.4 is 4.74 Å². The van der Waals surface area contributed by atoms with E-state index in [2.05, 4.69) is 0 Å². The Hall–Kier alpha value is -2.85. The summed E-state index contributed by atoms with van der Waals surface area (Å²) < 4.78 is 34.0. The summed E-state index contributed by atoms with van der Waals surface area (Å²) in [7, 11) is 1.51. The summed E-state index contributed by atoms with van der Waals surface area (Å²) in [6, 6.07) is 5.66. The van der Waals surface area contributed by atoms with Crippen LogP contribution in [0.25, 0.3) is 0 Å². The zero-order valence-corrected chi connectivity index (χ0v) is 23.0. The molecule has 0 bridgehead atoms. The van der Waals surface area contributed by atoms with E-state index >= 15 is 0 Å². The van der Waals surface area contributed by atoms with Crippen LogP contribution in [0.15, 0.2) is 18.2 Å². The van der Waals surface area contributed by atoms with Crippen LogP contribution in [0, 0.1) is 0 Å². The minimum atomic E-state index is -1.12. The van der Waals surface area contributed by atoms with Gasteiger partial charge in [0, 0.05) is 26.3 Å². The van der Waals surface area contributed by atoms with Crippen molar-refractivity contribution in [1.29, 1.82) is 0 Å². The lowest BCUT2D eigenvalue weighted by molar-refractivity contribution is -0.245. The maximum Gasteiger partial charge on any atom is 0.321 e. The molecule has 2 aliphatic rings. The molecule has 210 valence electrons. The monoisotopic (exact) mass is 554 g/mol. The van der Waals surface area contributed by atoms with E-state index in [1.807, 2.05) is 12.1 Å². The number of alkyl halides is 1. The summed E-state index contributed by atoms with van der Waals surface area (Å²) in [6.45, 7) is 5.38. The van der Waals surface area contributed by atoms with E-state index in [1.54, 1.807) is 13.0 Å². The average Bonchev–Trinajstić information content (AvgIpc) is 2.86. The average molecular weight is 555 g/mol. The molecule has 2 unspecified atom stereocenters. The predicted molar refractivity (Wildman–Crippen MR) is 135 cm³/mol. The maximum absolute atomic E-state index is 12.1. The third kappa shape index (κ3) is 7.38. The van der Waals surface area contributed by atoms with E-state index in [1.165, 1.54) is 27.9 Å². The standard InChI is InChI=1S/C27H35ClO10/c1-14-24(35-15(2)29)26(36-16(3)30)27(37-17(4)31)25(34-14)21-12-19(9-10-22(21)33-5)18-7-6-8-20(11-18)38-23(32)13-28/h9-10,12,14,18,20,24-27H,6-8,11,13H2,1-5H3/t14-,18?,20?,24+,25+,26+,27+/m0/s1. The van der Waals surface area contributed by atoms with Gasteiger partial charge in [-0.05, 0) is 56.2 Å². The summed E-state index contributed by atoms with van der Waals surface area (Å²) in [5, 5.41) is 0. The van der Waals surface area contributed by atoms with E-state index in [4.69, 9.17) is 40.0 Å². The first-order valence-electron chi connectivity index (χ1n) is 12.6. The summed E-state index contributed by atoms with van der Waals surface area (Å²) in [6.07, 6.45) is -1.91. The van der Waals surface area contributed by atoms with Crippen LogP contribution in [0.4, 0.5) is 0 Å². The van der Waals surface area contributed by atoms with Gasteiger partial charge in [-0.25, -0.2) is 0 Å². The zero-order valence-electron chi connectivity index (χ0n) is 22.3. The lowest BCUT2D eigenvalue weighted by Gasteiger charge is -2.44. The molecule has 11 heteroatoms. The maximum atomic E-state index is 12.1. The number of carbonyl (C=O) groups excluding carboxylic acids is 4. The van der Waals surface area contributed by atoms with Gasteiger partial charge in [0.1, 0.15) is 23.8 Å². The summed E-state index contributed by atoms with van der Waals surface area (Å²) >= 11 is 5.61. The Kier molecular flexibility index (Phi) is 10.4. The molecule has 1 aliphatic carbocycles. The van der Waals surface area contributed by atoms with Crippen molar-refractivity contribution in [1.82, 2.24) is 0 Å². The molecule has 1 saturated heterocycles. The molecule has 1 aromatic rings. The van der Waals surface area contributed by atoms with Gasteiger partial charge in [-0.15, -0.1) is 11.6 Å². The Balaban J connectivity index is 2.00. The van der Waals surface area contributed by atoms with Crippen molar-refractivity contribution in [2.45, 2.75) is 95.9 Å². The molecule has 0 N–H and O–H groups in total. The predicted octanol–water partition coefficient (Wildman–Crippen LogP) is 3.76.